The lowest BCUT2D eigenvalue weighted by Gasteiger charge is -2.11. The van der Waals surface area contributed by atoms with Gasteiger partial charge in [-0.2, -0.15) is 5.10 Å². The van der Waals surface area contributed by atoms with Crippen molar-refractivity contribution in [2.24, 2.45) is 0 Å². The lowest BCUT2D eigenvalue weighted by Crippen LogP contribution is -2.23. The molecule has 0 unspecified atom stereocenters. The molecule has 0 saturated heterocycles. The van der Waals surface area contributed by atoms with E-state index < -0.39 is 10.0 Å². The molecule has 30 heavy (non-hydrogen) atoms. The second-order valence-corrected chi connectivity index (χ2v) is 8.79. The maximum absolute atomic E-state index is 12.1. The first-order chi connectivity index (χ1) is 14.3. The van der Waals surface area contributed by atoms with Crippen LogP contribution in [-0.4, -0.2) is 60.2 Å². The summed E-state index contributed by atoms with van der Waals surface area (Å²) in [7, 11) is 1.33. The van der Waals surface area contributed by atoms with Gasteiger partial charge in [-0.15, -0.1) is 5.10 Å². The minimum absolute atomic E-state index is 0.174. The standard InChI is InChI=1S/C19H22N8O2S/c1-21-10-15(8-20)14-7-17-16(22-11-14)4-5-18(24-17)25-19-6-13(9-23-26-19)12-30(28,29)27(2)3/h4-11,20-21H,12H2,1-3H3,(H,24,25,26)/b15-10+,20-8?. The molecule has 11 heteroatoms. The van der Waals surface area contributed by atoms with Crippen molar-refractivity contribution in [1.29, 1.82) is 5.41 Å². The predicted octanol–water partition coefficient (Wildman–Crippen LogP) is 1.76. The first-order valence-electron chi connectivity index (χ1n) is 8.96. The van der Waals surface area contributed by atoms with Gasteiger partial charge in [-0.25, -0.2) is 17.7 Å². The van der Waals surface area contributed by atoms with Crippen molar-refractivity contribution < 1.29 is 8.42 Å². The van der Waals surface area contributed by atoms with E-state index in [1.165, 1.54) is 30.8 Å². The van der Waals surface area contributed by atoms with Crippen LogP contribution in [0.15, 0.2) is 42.9 Å². The molecule has 0 radical (unpaired) electrons. The van der Waals surface area contributed by atoms with Crippen LogP contribution in [0.1, 0.15) is 11.1 Å². The fourth-order valence-electron chi connectivity index (χ4n) is 2.62. The van der Waals surface area contributed by atoms with Crippen molar-refractivity contribution in [2.45, 2.75) is 5.75 Å². The van der Waals surface area contributed by atoms with Gasteiger partial charge >= 0.3 is 0 Å². The Morgan fingerprint density at radius 3 is 2.67 bits per heavy atom. The monoisotopic (exact) mass is 426 g/mol. The van der Waals surface area contributed by atoms with Crippen LogP contribution < -0.4 is 10.6 Å². The van der Waals surface area contributed by atoms with Crippen LogP contribution in [0.2, 0.25) is 0 Å². The molecule has 3 aromatic rings. The number of aromatic nitrogens is 4. The topological polar surface area (TPSA) is 137 Å². The van der Waals surface area contributed by atoms with Gasteiger partial charge in [-0.3, -0.25) is 4.98 Å². The number of nitrogens with zero attached hydrogens (tertiary/aromatic N) is 5. The molecule has 0 aromatic carbocycles. The highest BCUT2D eigenvalue weighted by Crippen LogP contribution is 2.20. The lowest BCUT2D eigenvalue weighted by atomic mass is 10.1. The van der Waals surface area contributed by atoms with Crippen LogP contribution in [0.4, 0.5) is 11.6 Å². The molecule has 156 valence electrons. The number of sulfonamides is 1. The zero-order valence-electron chi connectivity index (χ0n) is 16.8. The first kappa shape index (κ1) is 21.3. The number of allylic oxidation sites excluding steroid dienone is 1. The fourth-order valence-corrected chi connectivity index (χ4v) is 3.45. The van der Waals surface area contributed by atoms with E-state index in [1.807, 2.05) is 12.1 Å². The first-order valence-corrected chi connectivity index (χ1v) is 10.6. The van der Waals surface area contributed by atoms with E-state index >= 15 is 0 Å². The number of rotatable bonds is 8. The SMILES string of the molecule is CN/C=C(\C=N)c1cnc2ccc(Nc3cc(CS(=O)(=O)N(C)C)cnn3)nc2c1. The molecular weight excluding hydrogens is 404 g/mol. The van der Waals surface area contributed by atoms with E-state index in [-0.39, 0.29) is 5.75 Å². The Labute approximate surface area is 174 Å². The average molecular weight is 427 g/mol. The molecule has 0 aliphatic heterocycles. The Hall–Kier alpha value is -3.44. The molecular formula is C19H22N8O2S. The average Bonchev–Trinajstić information content (AvgIpc) is 2.71. The van der Waals surface area contributed by atoms with Gasteiger partial charge in [-0.05, 0) is 29.8 Å². The molecule has 3 N–H and O–H groups in total. The summed E-state index contributed by atoms with van der Waals surface area (Å²) in [6.07, 6.45) is 6.06. The van der Waals surface area contributed by atoms with E-state index in [9.17, 15) is 8.42 Å². The summed E-state index contributed by atoms with van der Waals surface area (Å²) in [5.74, 6) is 0.720. The van der Waals surface area contributed by atoms with Gasteiger partial charge in [0.1, 0.15) is 5.82 Å². The number of hydrogen-bond donors (Lipinski definition) is 3. The van der Waals surface area contributed by atoms with Crippen molar-refractivity contribution in [3.8, 4) is 0 Å². The molecule has 0 fully saturated rings. The summed E-state index contributed by atoms with van der Waals surface area (Å²) < 4.78 is 25.3. The quantitative estimate of drug-likeness (QED) is 0.464. The minimum atomic E-state index is -3.40. The molecule has 3 rings (SSSR count). The van der Waals surface area contributed by atoms with E-state index in [2.05, 4.69) is 30.8 Å². The molecule has 0 bridgehead atoms. The summed E-state index contributed by atoms with van der Waals surface area (Å²) in [4.78, 5) is 8.94. The maximum atomic E-state index is 12.1. The van der Waals surface area contributed by atoms with Gasteiger partial charge in [0.15, 0.2) is 5.82 Å². The Bertz CT molecular complexity index is 1210. The number of nitrogens with one attached hydrogen (secondary N) is 3. The van der Waals surface area contributed by atoms with Crippen molar-refractivity contribution in [2.75, 3.05) is 26.5 Å². The van der Waals surface area contributed by atoms with Gasteiger partial charge < -0.3 is 16.0 Å². The van der Waals surface area contributed by atoms with E-state index in [1.54, 1.807) is 31.6 Å². The molecule has 0 atom stereocenters. The Kier molecular flexibility index (Phi) is 6.33. The van der Waals surface area contributed by atoms with Crippen LogP contribution in [0, 0.1) is 5.41 Å². The van der Waals surface area contributed by atoms with Gasteiger partial charge in [0.05, 0.1) is 23.0 Å². The number of fused-ring (bicyclic) bond motifs is 1. The smallest absolute Gasteiger partial charge is 0.217 e. The summed E-state index contributed by atoms with van der Waals surface area (Å²) in [6.45, 7) is 0. The molecule has 0 aliphatic rings. The Morgan fingerprint density at radius 2 is 1.97 bits per heavy atom. The third-order valence-corrected chi connectivity index (χ3v) is 6.01. The zero-order chi connectivity index (χ0) is 21.7. The molecule has 0 spiro atoms. The number of pyridine rings is 2. The van der Waals surface area contributed by atoms with E-state index in [0.29, 0.717) is 33.8 Å². The van der Waals surface area contributed by atoms with E-state index in [0.717, 1.165) is 5.56 Å². The normalized spacial score (nSPS) is 12.2. The van der Waals surface area contributed by atoms with Crippen molar-refractivity contribution in [3.05, 3.63) is 54.0 Å². The van der Waals surface area contributed by atoms with Crippen molar-refractivity contribution in [3.63, 3.8) is 0 Å². The van der Waals surface area contributed by atoms with Gasteiger partial charge in [-0.1, -0.05) is 0 Å². The zero-order valence-corrected chi connectivity index (χ0v) is 17.6. The third kappa shape index (κ3) is 4.93. The van der Waals surface area contributed by atoms with Crippen LogP contribution in [0.3, 0.4) is 0 Å². The lowest BCUT2D eigenvalue weighted by molar-refractivity contribution is 0.519. The molecule has 10 nitrogen and oxygen atoms in total. The predicted molar refractivity (Wildman–Crippen MR) is 117 cm³/mol. The second-order valence-electron chi connectivity index (χ2n) is 6.60. The van der Waals surface area contributed by atoms with Gasteiger partial charge in [0, 0.05) is 50.9 Å². The van der Waals surface area contributed by atoms with Crippen LogP contribution >= 0.6 is 0 Å². The van der Waals surface area contributed by atoms with Crippen molar-refractivity contribution in [1.82, 2.24) is 29.8 Å². The molecule has 0 amide bonds. The molecule has 0 saturated carbocycles. The Balaban J connectivity index is 1.88. The summed E-state index contributed by atoms with van der Waals surface area (Å²) in [5, 5.41) is 21.4. The maximum Gasteiger partial charge on any atom is 0.217 e. The minimum Gasteiger partial charge on any atom is -0.393 e. The fraction of sp³-hybridized carbons (Fsp3) is 0.211. The molecule has 0 aliphatic carbocycles. The summed E-state index contributed by atoms with van der Waals surface area (Å²) in [5.41, 5.74) is 3.29. The van der Waals surface area contributed by atoms with Crippen LogP contribution in [0.5, 0.6) is 0 Å². The number of hydrogen-bond acceptors (Lipinski definition) is 9. The van der Waals surface area contributed by atoms with Gasteiger partial charge in [0.25, 0.3) is 0 Å². The summed E-state index contributed by atoms with van der Waals surface area (Å²) >= 11 is 0. The second kappa shape index (κ2) is 8.93. The van der Waals surface area contributed by atoms with Crippen LogP contribution in [0.25, 0.3) is 16.6 Å². The van der Waals surface area contributed by atoms with Gasteiger partial charge in [0.2, 0.25) is 10.0 Å². The number of anilines is 2. The highest BCUT2D eigenvalue weighted by atomic mass is 32.2. The molecule has 3 aromatic heterocycles. The summed E-state index contributed by atoms with van der Waals surface area (Å²) in [6, 6.07) is 7.03. The largest absolute Gasteiger partial charge is 0.393 e. The Morgan fingerprint density at radius 1 is 1.17 bits per heavy atom. The highest BCUT2D eigenvalue weighted by molar-refractivity contribution is 7.88. The van der Waals surface area contributed by atoms with Crippen molar-refractivity contribution >= 4 is 44.5 Å². The third-order valence-electron chi connectivity index (χ3n) is 4.20. The van der Waals surface area contributed by atoms with E-state index in [4.69, 9.17) is 5.41 Å². The molecule has 3 heterocycles. The van der Waals surface area contributed by atoms with Crippen LogP contribution in [-0.2, 0) is 15.8 Å². The highest BCUT2D eigenvalue weighted by Gasteiger charge is 2.15.